The summed E-state index contributed by atoms with van der Waals surface area (Å²) in [6.07, 6.45) is 4.59. The second kappa shape index (κ2) is 6.55. The number of aryl methyl sites for hydroxylation is 2. The standard InChI is InChI=1S/C20H24N2O/c1-13-11-14(7-9-17(13)20(23)22-2)15-8-10-18-16(12-15)5-3-4-6-19(18)21/h7-12,19H,3-6,21H2,1-2H3,(H,22,23). The predicted molar refractivity (Wildman–Crippen MR) is 94.5 cm³/mol. The van der Waals surface area contributed by atoms with Gasteiger partial charge in [0.2, 0.25) is 0 Å². The molecule has 1 unspecified atom stereocenters. The minimum absolute atomic E-state index is 0.0399. The Labute approximate surface area is 137 Å². The van der Waals surface area contributed by atoms with E-state index in [1.165, 1.54) is 29.5 Å². The van der Waals surface area contributed by atoms with E-state index in [1.54, 1.807) is 7.05 Å². The molecular formula is C20H24N2O. The van der Waals surface area contributed by atoms with Gasteiger partial charge >= 0.3 is 0 Å². The van der Waals surface area contributed by atoms with Gasteiger partial charge in [0.05, 0.1) is 0 Å². The fourth-order valence-corrected chi connectivity index (χ4v) is 3.43. The third-order valence-electron chi connectivity index (χ3n) is 4.79. The number of nitrogens with one attached hydrogen (secondary N) is 1. The Balaban J connectivity index is 1.98. The molecule has 1 aliphatic rings. The van der Waals surface area contributed by atoms with Gasteiger partial charge in [0.1, 0.15) is 0 Å². The van der Waals surface area contributed by atoms with Crippen LogP contribution >= 0.6 is 0 Å². The predicted octanol–water partition coefficient (Wildman–Crippen LogP) is 3.75. The van der Waals surface area contributed by atoms with Gasteiger partial charge in [0, 0.05) is 18.7 Å². The van der Waals surface area contributed by atoms with Gasteiger partial charge in [-0.2, -0.15) is 0 Å². The molecule has 120 valence electrons. The van der Waals surface area contributed by atoms with E-state index in [4.69, 9.17) is 5.73 Å². The van der Waals surface area contributed by atoms with Crippen molar-refractivity contribution in [1.82, 2.24) is 5.32 Å². The fourth-order valence-electron chi connectivity index (χ4n) is 3.43. The van der Waals surface area contributed by atoms with E-state index in [9.17, 15) is 4.79 Å². The third-order valence-corrected chi connectivity index (χ3v) is 4.79. The average molecular weight is 308 g/mol. The van der Waals surface area contributed by atoms with E-state index in [-0.39, 0.29) is 11.9 Å². The van der Waals surface area contributed by atoms with Gasteiger partial charge < -0.3 is 11.1 Å². The van der Waals surface area contributed by atoms with Crippen molar-refractivity contribution in [2.75, 3.05) is 7.05 Å². The Kier molecular flexibility index (Phi) is 4.49. The lowest BCUT2D eigenvalue weighted by atomic mass is 9.93. The number of carbonyl (C=O) groups excluding carboxylic acids is 1. The second-order valence-corrected chi connectivity index (χ2v) is 6.37. The Morgan fingerprint density at radius 1 is 1.13 bits per heavy atom. The Hall–Kier alpha value is -2.13. The highest BCUT2D eigenvalue weighted by Crippen LogP contribution is 2.31. The molecule has 0 heterocycles. The molecular weight excluding hydrogens is 284 g/mol. The van der Waals surface area contributed by atoms with Crippen LogP contribution in [-0.2, 0) is 6.42 Å². The fraction of sp³-hybridized carbons (Fsp3) is 0.350. The number of hydrogen-bond acceptors (Lipinski definition) is 2. The van der Waals surface area contributed by atoms with Crippen LogP contribution in [-0.4, -0.2) is 13.0 Å². The van der Waals surface area contributed by atoms with Crippen LogP contribution in [0.4, 0.5) is 0 Å². The maximum atomic E-state index is 11.8. The van der Waals surface area contributed by atoms with Gasteiger partial charge in [0.15, 0.2) is 0 Å². The minimum Gasteiger partial charge on any atom is -0.355 e. The maximum Gasteiger partial charge on any atom is 0.251 e. The number of benzene rings is 2. The molecule has 0 fully saturated rings. The molecule has 2 aromatic rings. The summed E-state index contributed by atoms with van der Waals surface area (Å²) in [6, 6.07) is 12.8. The molecule has 0 saturated heterocycles. The molecule has 2 aromatic carbocycles. The van der Waals surface area contributed by atoms with Gasteiger partial charge in [0.25, 0.3) is 5.91 Å². The molecule has 0 saturated carbocycles. The summed E-state index contributed by atoms with van der Waals surface area (Å²) in [6.45, 7) is 1.98. The number of rotatable bonds is 2. The average Bonchev–Trinajstić information content (AvgIpc) is 2.75. The van der Waals surface area contributed by atoms with Crippen molar-refractivity contribution in [2.24, 2.45) is 5.73 Å². The van der Waals surface area contributed by atoms with Crippen molar-refractivity contribution in [3.05, 3.63) is 58.7 Å². The van der Waals surface area contributed by atoms with Crippen LogP contribution in [0.5, 0.6) is 0 Å². The first-order valence-electron chi connectivity index (χ1n) is 8.31. The van der Waals surface area contributed by atoms with Gasteiger partial charge in [-0.3, -0.25) is 4.79 Å². The van der Waals surface area contributed by atoms with E-state index in [2.05, 4.69) is 29.6 Å². The first-order chi connectivity index (χ1) is 11.1. The maximum absolute atomic E-state index is 11.8. The normalized spacial score (nSPS) is 17.3. The Bertz CT molecular complexity index is 736. The quantitative estimate of drug-likeness (QED) is 0.830. The summed E-state index contributed by atoms with van der Waals surface area (Å²) in [4.78, 5) is 11.8. The lowest BCUT2D eigenvalue weighted by Crippen LogP contribution is -2.18. The topological polar surface area (TPSA) is 55.1 Å². The largest absolute Gasteiger partial charge is 0.355 e. The van der Waals surface area contributed by atoms with Crippen molar-refractivity contribution in [3.63, 3.8) is 0 Å². The number of fused-ring (bicyclic) bond motifs is 1. The van der Waals surface area contributed by atoms with E-state index >= 15 is 0 Å². The summed E-state index contributed by atoms with van der Waals surface area (Å²) in [5, 5.41) is 2.68. The number of hydrogen-bond donors (Lipinski definition) is 2. The van der Waals surface area contributed by atoms with Crippen molar-refractivity contribution in [1.29, 1.82) is 0 Å². The zero-order valence-corrected chi connectivity index (χ0v) is 13.9. The summed E-state index contributed by atoms with van der Waals surface area (Å²) in [5.74, 6) is -0.0399. The first-order valence-corrected chi connectivity index (χ1v) is 8.31. The van der Waals surface area contributed by atoms with E-state index < -0.39 is 0 Å². The van der Waals surface area contributed by atoms with E-state index in [0.29, 0.717) is 0 Å². The monoisotopic (exact) mass is 308 g/mol. The zero-order chi connectivity index (χ0) is 16.4. The smallest absolute Gasteiger partial charge is 0.251 e. The van der Waals surface area contributed by atoms with Crippen LogP contribution in [0, 0.1) is 6.92 Å². The van der Waals surface area contributed by atoms with Crippen LogP contribution in [0.15, 0.2) is 36.4 Å². The molecule has 3 nitrogen and oxygen atoms in total. The molecule has 0 spiro atoms. The van der Waals surface area contributed by atoms with Crippen LogP contribution in [0.3, 0.4) is 0 Å². The van der Waals surface area contributed by atoms with Crippen molar-refractivity contribution in [3.8, 4) is 11.1 Å². The molecule has 23 heavy (non-hydrogen) atoms. The lowest BCUT2D eigenvalue weighted by Gasteiger charge is -2.15. The van der Waals surface area contributed by atoms with Crippen LogP contribution in [0.1, 0.15) is 52.4 Å². The molecule has 3 heteroatoms. The molecule has 3 rings (SSSR count). The molecule has 3 N–H and O–H groups in total. The van der Waals surface area contributed by atoms with E-state index in [1.807, 2.05) is 19.1 Å². The highest BCUT2D eigenvalue weighted by Gasteiger charge is 2.16. The summed E-state index contributed by atoms with van der Waals surface area (Å²) in [7, 11) is 1.66. The van der Waals surface area contributed by atoms with E-state index in [0.717, 1.165) is 29.5 Å². The highest BCUT2D eigenvalue weighted by molar-refractivity contribution is 5.96. The molecule has 0 aromatic heterocycles. The summed E-state index contributed by atoms with van der Waals surface area (Å²) >= 11 is 0. The SMILES string of the molecule is CNC(=O)c1ccc(-c2ccc3c(c2)CCCCC3N)cc1C. The molecule has 1 aliphatic carbocycles. The lowest BCUT2D eigenvalue weighted by molar-refractivity contribution is 0.0962. The molecule has 1 amide bonds. The van der Waals surface area contributed by atoms with Crippen molar-refractivity contribution < 1.29 is 4.79 Å². The minimum atomic E-state index is -0.0399. The van der Waals surface area contributed by atoms with Gasteiger partial charge in [-0.15, -0.1) is 0 Å². The van der Waals surface area contributed by atoms with Gasteiger partial charge in [-0.25, -0.2) is 0 Å². The Morgan fingerprint density at radius 2 is 1.87 bits per heavy atom. The third kappa shape index (κ3) is 3.15. The summed E-state index contributed by atoms with van der Waals surface area (Å²) < 4.78 is 0. The molecule has 0 aliphatic heterocycles. The Morgan fingerprint density at radius 3 is 2.61 bits per heavy atom. The van der Waals surface area contributed by atoms with Crippen molar-refractivity contribution >= 4 is 5.91 Å². The molecule has 1 atom stereocenters. The van der Waals surface area contributed by atoms with Gasteiger partial charge in [-0.05, 0) is 60.1 Å². The second-order valence-electron chi connectivity index (χ2n) is 6.37. The van der Waals surface area contributed by atoms with Crippen LogP contribution in [0.25, 0.3) is 11.1 Å². The number of amides is 1. The first kappa shape index (κ1) is 15.8. The summed E-state index contributed by atoms with van der Waals surface area (Å²) in [5.41, 5.74) is 13.0. The van der Waals surface area contributed by atoms with Crippen molar-refractivity contribution in [2.45, 2.75) is 38.6 Å². The zero-order valence-electron chi connectivity index (χ0n) is 13.9. The van der Waals surface area contributed by atoms with Crippen LogP contribution in [0.2, 0.25) is 0 Å². The molecule has 0 radical (unpaired) electrons. The number of nitrogens with two attached hydrogens (primary N) is 1. The highest BCUT2D eigenvalue weighted by atomic mass is 16.1. The van der Waals surface area contributed by atoms with Gasteiger partial charge in [-0.1, -0.05) is 36.8 Å². The van der Waals surface area contributed by atoms with Crippen LogP contribution < -0.4 is 11.1 Å². The molecule has 0 bridgehead atoms. The number of carbonyl (C=O) groups is 1.